The van der Waals surface area contributed by atoms with E-state index in [1.165, 1.54) is 0 Å². The van der Waals surface area contributed by atoms with Crippen molar-refractivity contribution in [3.8, 4) is 0 Å². The Labute approximate surface area is 128 Å². The molecule has 2 heterocycles. The molecule has 21 heavy (non-hydrogen) atoms. The fraction of sp³-hybridized carbons (Fsp3) is 0.733. The van der Waals surface area contributed by atoms with Gasteiger partial charge in [0.15, 0.2) is 0 Å². The number of nitrogens with zero attached hydrogens (tertiary/aromatic N) is 1. The Morgan fingerprint density at radius 3 is 2.95 bits per heavy atom. The molecular weight excluding hydrogens is 286 g/mol. The van der Waals surface area contributed by atoms with Crippen molar-refractivity contribution in [2.75, 3.05) is 19.6 Å². The van der Waals surface area contributed by atoms with Gasteiger partial charge in [0.25, 0.3) is 0 Å². The maximum atomic E-state index is 12.7. The van der Waals surface area contributed by atoms with Crippen LogP contribution in [-0.2, 0) is 16.6 Å². The number of aromatic nitrogens is 1. The zero-order valence-corrected chi connectivity index (χ0v) is 13.9. The first-order valence-electron chi connectivity index (χ1n) is 7.96. The van der Waals surface area contributed by atoms with E-state index in [0.29, 0.717) is 30.4 Å². The lowest BCUT2D eigenvalue weighted by atomic mass is 9.97. The van der Waals surface area contributed by atoms with E-state index >= 15 is 0 Å². The van der Waals surface area contributed by atoms with Crippen LogP contribution < -0.4 is 5.32 Å². The first-order chi connectivity index (χ1) is 10.1. The van der Waals surface area contributed by atoms with E-state index in [0.717, 1.165) is 37.9 Å². The Morgan fingerprint density at radius 1 is 1.43 bits per heavy atom. The van der Waals surface area contributed by atoms with Gasteiger partial charge in [-0.1, -0.05) is 20.3 Å². The molecule has 0 amide bonds. The number of aromatic amines is 1. The van der Waals surface area contributed by atoms with Crippen LogP contribution in [0.3, 0.4) is 0 Å². The molecule has 2 N–H and O–H groups in total. The van der Waals surface area contributed by atoms with Crippen LogP contribution in [0.5, 0.6) is 0 Å². The number of rotatable bonds is 7. The van der Waals surface area contributed by atoms with E-state index in [1.807, 2.05) is 0 Å². The second-order valence-corrected chi connectivity index (χ2v) is 7.75. The Balaban J connectivity index is 2.05. The minimum atomic E-state index is -3.34. The zero-order chi connectivity index (χ0) is 15.3. The van der Waals surface area contributed by atoms with Crippen molar-refractivity contribution < 1.29 is 8.42 Å². The van der Waals surface area contributed by atoms with Crippen LogP contribution in [0.25, 0.3) is 0 Å². The summed E-state index contributed by atoms with van der Waals surface area (Å²) in [5, 5.41) is 3.27. The molecule has 6 heteroatoms. The summed E-state index contributed by atoms with van der Waals surface area (Å²) in [4.78, 5) is 3.46. The van der Waals surface area contributed by atoms with Crippen LogP contribution in [0.1, 0.15) is 45.2 Å². The zero-order valence-electron chi connectivity index (χ0n) is 13.1. The van der Waals surface area contributed by atoms with E-state index in [9.17, 15) is 8.42 Å². The molecular formula is C15H27N3O2S. The number of sulfonamides is 1. The van der Waals surface area contributed by atoms with Crippen LogP contribution in [0.2, 0.25) is 0 Å². The minimum Gasteiger partial charge on any atom is -0.363 e. The SMILES string of the molecule is CCCNCc1cc(S(=O)(=O)N2CCCC(CC)C2)c[nH]1. The number of H-pyrrole nitrogens is 1. The van der Waals surface area contributed by atoms with E-state index in [2.05, 4.69) is 24.1 Å². The predicted octanol–water partition coefficient (Wildman–Crippen LogP) is 2.32. The third kappa shape index (κ3) is 4.08. The molecule has 0 radical (unpaired) electrons. The van der Waals surface area contributed by atoms with Gasteiger partial charge in [0, 0.05) is 31.5 Å². The second-order valence-electron chi connectivity index (χ2n) is 5.82. The monoisotopic (exact) mass is 313 g/mol. The maximum Gasteiger partial charge on any atom is 0.244 e. The lowest BCUT2D eigenvalue weighted by molar-refractivity contribution is 0.261. The fourth-order valence-corrected chi connectivity index (χ4v) is 4.37. The number of hydrogen-bond donors (Lipinski definition) is 2. The lowest BCUT2D eigenvalue weighted by Gasteiger charge is -2.31. The predicted molar refractivity (Wildman–Crippen MR) is 84.6 cm³/mol. The summed E-state index contributed by atoms with van der Waals surface area (Å²) in [5.74, 6) is 0.498. The topological polar surface area (TPSA) is 65.2 Å². The molecule has 0 saturated carbocycles. The molecule has 0 aliphatic carbocycles. The molecule has 1 aliphatic rings. The smallest absolute Gasteiger partial charge is 0.244 e. The molecule has 0 bridgehead atoms. The summed E-state index contributed by atoms with van der Waals surface area (Å²) in [5.41, 5.74) is 0.922. The van der Waals surface area contributed by atoms with Crippen LogP contribution in [0.15, 0.2) is 17.2 Å². The molecule has 1 aliphatic heterocycles. The first kappa shape index (κ1) is 16.5. The Bertz CT molecular complexity index is 539. The molecule has 1 unspecified atom stereocenters. The van der Waals surface area contributed by atoms with Gasteiger partial charge >= 0.3 is 0 Å². The molecule has 0 spiro atoms. The van der Waals surface area contributed by atoms with Crippen molar-refractivity contribution in [3.63, 3.8) is 0 Å². The molecule has 1 fully saturated rings. The number of hydrogen-bond acceptors (Lipinski definition) is 3. The van der Waals surface area contributed by atoms with Crippen LogP contribution in [0, 0.1) is 5.92 Å². The quantitative estimate of drug-likeness (QED) is 0.759. The molecule has 1 aromatic heterocycles. The van der Waals surface area contributed by atoms with Crippen LogP contribution in [-0.4, -0.2) is 37.3 Å². The average Bonchev–Trinajstić information content (AvgIpc) is 2.97. The molecule has 120 valence electrons. The summed E-state index contributed by atoms with van der Waals surface area (Å²) < 4.78 is 27.0. The van der Waals surface area contributed by atoms with Crippen molar-refractivity contribution in [2.45, 2.75) is 51.0 Å². The summed E-state index contributed by atoms with van der Waals surface area (Å²) in [6, 6.07) is 1.76. The molecule has 2 rings (SSSR count). The van der Waals surface area contributed by atoms with Gasteiger partial charge in [-0.25, -0.2) is 8.42 Å². The standard InChI is InChI=1S/C15H27N3O2S/c1-3-7-16-10-14-9-15(11-17-14)21(19,20)18-8-5-6-13(4-2)12-18/h9,11,13,16-17H,3-8,10,12H2,1-2H3. The van der Waals surface area contributed by atoms with E-state index in [1.54, 1.807) is 16.6 Å². The first-order valence-corrected chi connectivity index (χ1v) is 9.40. The molecule has 1 atom stereocenters. The Hall–Kier alpha value is -0.850. The third-order valence-corrected chi connectivity index (χ3v) is 6.00. The van der Waals surface area contributed by atoms with Crippen molar-refractivity contribution in [2.24, 2.45) is 5.92 Å². The highest BCUT2D eigenvalue weighted by atomic mass is 32.2. The van der Waals surface area contributed by atoms with Gasteiger partial charge in [-0.15, -0.1) is 0 Å². The van der Waals surface area contributed by atoms with Gasteiger partial charge in [0.05, 0.1) is 4.90 Å². The summed E-state index contributed by atoms with van der Waals surface area (Å²) in [6.07, 6.45) is 5.84. The maximum absolute atomic E-state index is 12.7. The van der Waals surface area contributed by atoms with Gasteiger partial charge in [-0.3, -0.25) is 0 Å². The Morgan fingerprint density at radius 2 is 2.24 bits per heavy atom. The largest absolute Gasteiger partial charge is 0.363 e. The van der Waals surface area contributed by atoms with Crippen molar-refractivity contribution in [1.82, 2.24) is 14.6 Å². The van der Waals surface area contributed by atoms with Crippen LogP contribution >= 0.6 is 0 Å². The molecule has 0 aromatic carbocycles. The van der Waals surface area contributed by atoms with Gasteiger partial charge in [0.1, 0.15) is 0 Å². The number of nitrogens with one attached hydrogen (secondary N) is 2. The third-order valence-electron chi connectivity index (χ3n) is 4.16. The minimum absolute atomic E-state index is 0.396. The summed E-state index contributed by atoms with van der Waals surface area (Å²) in [7, 11) is -3.34. The second kappa shape index (κ2) is 7.42. The van der Waals surface area contributed by atoms with Gasteiger partial charge in [-0.2, -0.15) is 4.31 Å². The van der Waals surface area contributed by atoms with E-state index in [4.69, 9.17) is 0 Å². The highest BCUT2D eigenvalue weighted by Crippen LogP contribution is 2.25. The van der Waals surface area contributed by atoms with Crippen molar-refractivity contribution in [1.29, 1.82) is 0 Å². The molecule has 1 saturated heterocycles. The highest BCUT2D eigenvalue weighted by Gasteiger charge is 2.30. The van der Waals surface area contributed by atoms with Gasteiger partial charge < -0.3 is 10.3 Å². The fourth-order valence-electron chi connectivity index (χ4n) is 2.80. The van der Waals surface area contributed by atoms with E-state index < -0.39 is 10.0 Å². The average molecular weight is 313 g/mol. The molecule has 1 aromatic rings. The number of piperidine rings is 1. The highest BCUT2D eigenvalue weighted by molar-refractivity contribution is 7.89. The van der Waals surface area contributed by atoms with Gasteiger partial charge in [-0.05, 0) is 37.8 Å². The summed E-state index contributed by atoms with van der Waals surface area (Å²) >= 11 is 0. The van der Waals surface area contributed by atoms with Crippen molar-refractivity contribution >= 4 is 10.0 Å². The van der Waals surface area contributed by atoms with Crippen molar-refractivity contribution in [3.05, 3.63) is 18.0 Å². The Kier molecular flexibility index (Phi) is 5.84. The molecule has 5 nitrogen and oxygen atoms in total. The van der Waals surface area contributed by atoms with Crippen LogP contribution in [0.4, 0.5) is 0 Å². The van der Waals surface area contributed by atoms with Gasteiger partial charge in [0.2, 0.25) is 10.0 Å². The lowest BCUT2D eigenvalue weighted by Crippen LogP contribution is -2.39. The normalized spacial score (nSPS) is 20.8. The van der Waals surface area contributed by atoms with E-state index in [-0.39, 0.29) is 0 Å². The summed E-state index contributed by atoms with van der Waals surface area (Å²) in [6.45, 7) is 7.17.